The fourth-order valence-electron chi connectivity index (χ4n) is 1.13. The predicted octanol–water partition coefficient (Wildman–Crippen LogP) is 1.68. The number of hydrogen-bond acceptors (Lipinski definition) is 6. The fraction of sp³-hybridized carbons (Fsp3) is 0.167. The van der Waals surface area contributed by atoms with Gasteiger partial charge in [0.2, 0.25) is 5.71 Å². The van der Waals surface area contributed by atoms with Gasteiger partial charge in [-0.25, -0.2) is 4.79 Å². The zero-order chi connectivity index (χ0) is 13.4. The Morgan fingerprint density at radius 2 is 2.17 bits per heavy atom. The molecule has 0 aromatic heterocycles. The maximum absolute atomic E-state index is 11.5. The largest absolute Gasteiger partial charge is 0.462 e. The van der Waals surface area contributed by atoms with E-state index >= 15 is 0 Å². The SMILES string of the molecule is CCOC(=O)c1cccc(NN=C(C#N)C#N)c1. The molecular weight excluding hydrogens is 232 g/mol. The van der Waals surface area contributed by atoms with Crippen molar-refractivity contribution >= 4 is 17.4 Å². The summed E-state index contributed by atoms with van der Waals surface area (Å²) in [4.78, 5) is 11.5. The topological polar surface area (TPSA) is 98.3 Å². The lowest BCUT2D eigenvalue weighted by Gasteiger charge is -2.04. The lowest BCUT2D eigenvalue weighted by Crippen LogP contribution is -2.05. The Balaban J connectivity index is 2.84. The smallest absolute Gasteiger partial charge is 0.338 e. The van der Waals surface area contributed by atoms with E-state index in [0.717, 1.165) is 0 Å². The van der Waals surface area contributed by atoms with Crippen LogP contribution in [-0.2, 0) is 4.74 Å². The molecule has 1 N–H and O–H groups in total. The van der Waals surface area contributed by atoms with Gasteiger partial charge in [0.15, 0.2) is 0 Å². The summed E-state index contributed by atoms with van der Waals surface area (Å²) < 4.78 is 4.84. The summed E-state index contributed by atoms with van der Waals surface area (Å²) in [5.41, 5.74) is 3.08. The molecule has 0 amide bonds. The first-order chi connectivity index (χ1) is 8.71. The van der Waals surface area contributed by atoms with Crippen molar-refractivity contribution < 1.29 is 9.53 Å². The molecule has 0 heterocycles. The molecule has 0 radical (unpaired) electrons. The molecule has 0 saturated heterocycles. The normalized spacial score (nSPS) is 8.61. The molecule has 18 heavy (non-hydrogen) atoms. The average molecular weight is 242 g/mol. The van der Waals surface area contributed by atoms with Crippen LogP contribution in [0.15, 0.2) is 29.4 Å². The predicted molar refractivity (Wildman–Crippen MR) is 64.7 cm³/mol. The number of esters is 1. The van der Waals surface area contributed by atoms with Gasteiger partial charge in [0.05, 0.1) is 17.9 Å². The third-order valence-electron chi connectivity index (χ3n) is 1.88. The second-order valence-corrected chi connectivity index (χ2v) is 3.10. The highest BCUT2D eigenvalue weighted by atomic mass is 16.5. The van der Waals surface area contributed by atoms with Crippen LogP contribution in [0.5, 0.6) is 0 Å². The first-order valence-corrected chi connectivity index (χ1v) is 5.12. The van der Waals surface area contributed by atoms with Crippen LogP contribution in [0.2, 0.25) is 0 Å². The van der Waals surface area contributed by atoms with E-state index in [4.69, 9.17) is 15.3 Å². The van der Waals surface area contributed by atoms with Crippen LogP contribution in [-0.4, -0.2) is 18.3 Å². The molecular formula is C12H10N4O2. The van der Waals surface area contributed by atoms with Gasteiger partial charge in [0.1, 0.15) is 12.1 Å². The summed E-state index contributed by atoms with van der Waals surface area (Å²) >= 11 is 0. The van der Waals surface area contributed by atoms with Crippen molar-refractivity contribution in [3.8, 4) is 12.1 Å². The minimum absolute atomic E-state index is 0.293. The van der Waals surface area contributed by atoms with Crippen molar-refractivity contribution in [2.24, 2.45) is 5.10 Å². The van der Waals surface area contributed by atoms with Gasteiger partial charge in [-0.15, -0.1) is 0 Å². The van der Waals surface area contributed by atoms with Crippen LogP contribution in [0.25, 0.3) is 0 Å². The number of hydrazone groups is 1. The number of nitrogens with zero attached hydrogens (tertiary/aromatic N) is 3. The summed E-state index contributed by atoms with van der Waals surface area (Å²) in [5.74, 6) is -0.439. The number of nitriles is 2. The number of ether oxygens (including phenoxy) is 1. The third-order valence-corrected chi connectivity index (χ3v) is 1.88. The van der Waals surface area contributed by atoms with Gasteiger partial charge in [0.25, 0.3) is 0 Å². The zero-order valence-corrected chi connectivity index (χ0v) is 9.67. The lowest BCUT2D eigenvalue weighted by atomic mass is 10.2. The molecule has 90 valence electrons. The van der Waals surface area contributed by atoms with Crippen molar-refractivity contribution in [1.82, 2.24) is 0 Å². The molecule has 6 heteroatoms. The van der Waals surface area contributed by atoms with Crippen LogP contribution in [0.1, 0.15) is 17.3 Å². The van der Waals surface area contributed by atoms with Crippen LogP contribution in [0, 0.1) is 22.7 Å². The van der Waals surface area contributed by atoms with Gasteiger partial charge < -0.3 is 4.74 Å². The lowest BCUT2D eigenvalue weighted by molar-refractivity contribution is 0.0526. The number of benzene rings is 1. The molecule has 1 aromatic carbocycles. The maximum Gasteiger partial charge on any atom is 0.338 e. The Labute approximate surface area is 104 Å². The third kappa shape index (κ3) is 3.62. The second kappa shape index (κ2) is 6.66. The maximum atomic E-state index is 11.5. The molecule has 0 atom stereocenters. The first kappa shape index (κ1) is 13.2. The molecule has 0 bridgehead atoms. The molecule has 1 aromatic rings. The Bertz CT molecular complexity index is 536. The molecule has 0 spiro atoms. The Morgan fingerprint density at radius 3 is 2.78 bits per heavy atom. The fourth-order valence-corrected chi connectivity index (χ4v) is 1.13. The van der Waals surface area contributed by atoms with E-state index in [1.54, 1.807) is 37.3 Å². The van der Waals surface area contributed by atoms with E-state index < -0.39 is 5.97 Å². The number of hydrogen-bond donors (Lipinski definition) is 1. The van der Waals surface area contributed by atoms with Crippen molar-refractivity contribution in [3.63, 3.8) is 0 Å². The molecule has 6 nitrogen and oxygen atoms in total. The standard InChI is InChI=1S/C12H10N4O2/c1-2-18-12(17)9-4-3-5-10(6-9)15-16-11(7-13)8-14/h3-6,15H,2H2,1H3. The zero-order valence-electron chi connectivity index (χ0n) is 9.67. The van der Waals surface area contributed by atoms with Gasteiger partial charge in [-0.1, -0.05) is 6.07 Å². The quantitative estimate of drug-likeness (QED) is 0.492. The molecule has 0 unspecified atom stereocenters. The highest BCUT2D eigenvalue weighted by Gasteiger charge is 2.06. The van der Waals surface area contributed by atoms with E-state index in [9.17, 15) is 4.79 Å². The molecule has 0 saturated carbocycles. The summed E-state index contributed by atoms with van der Waals surface area (Å²) in [7, 11) is 0. The minimum atomic E-state index is -0.439. The number of nitrogens with one attached hydrogen (secondary N) is 1. The highest BCUT2D eigenvalue weighted by Crippen LogP contribution is 2.11. The van der Waals surface area contributed by atoms with E-state index in [0.29, 0.717) is 17.9 Å². The Hall–Kier alpha value is -2.86. The van der Waals surface area contributed by atoms with Crippen molar-refractivity contribution in [2.45, 2.75) is 6.92 Å². The monoisotopic (exact) mass is 242 g/mol. The van der Waals surface area contributed by atoms with Crippen LogP contribution in [0.4, 0.5) is 5.69 Å². The molecule has 0 aliphatic rings. The van der Waals surface area contributed by atoms with Crippen LogP contribution in [0.3, 0.4) is 0 Å². The summed E-state index contributed by atoms with van der Waals surface area (Å²) in [6.07, 6.45) is 0. The van der Waals surface area contributed by atoms with E-state index in [1.807, 2.05) is 0 Å². The van der Waals surface area contributed by atoms with Gasteiger partial charge in [-0.3, -0.25) is 5.43 Å². The number of carbonyl (C=O) groups is 1. The molecule has 0 aliphatic carbocycles. The summed E-state index contributed by atoms with van der Waals surface area (Å²) in [6.45, 7) is 2.01. The van der Waals surface area contributed by atoms with Crippen molar-refractivity contribution in [2.75, 3.05) is 12.0 Å². The Kier molecular flexibility index (Phi) is 4.89. The second-order valence-electron chi connectivity index (χ2n) is 3.10. The van der Waals surface area contributed by atoms with Crippen molar-refractivity contribution in [1.29, 1.82) is 10.5 Å². The van der Waals surface area contributed by atoms with E-state index in [-0.39, 0.29) is 5.71 Å². The molecule has 1 rings (SSSR count). The number of carbonyl (C=O) groups excluding carboxylic acids is 1. The summed E-state index contributed by atoms with van der Waals surface area (Å²) in [5, 5.41) is 20.6. The first-order valence-electron chi connectivity index (χ1n) is 5.12. The van der Waals surface area contributed by atoms with E-state index in [1.165, 1.54) is 6.07 Å². The minimum Gasteiger partial charge on any atom is -0.462 e. The van der Waals surface area contributed by atoms with Gasteiger partial charge in [-0.05, 0) is 25.1 Å². The molecule has 0 fully saturated rings. The number of anilines is 1. The number of rotatable bonds is 4. The molecule has 0 aliphatic heterocycles. The average Bonchev–Trinajstić information content (AvgIpc) is 2.40. The van der Waals surface area contributed by atoms with Crippen LogP contribution >= 0.6 is 0 Å². The highest BCUT2D eigenvalue weighted by molar-refractivity contribution is 6.10. The van der Waals surface area contributed by atoms with Crippen molar-refractivity contribution in [3.05, 3.63) is 29.8 Å². The summed E-state index contributed by atoms with van der Waals surface area (Å²) in [6, 6.07) is 9.64. The van der Waals surface area contributed by atoms with Gasteiger partial charge in [-0.2, -0.15) is 15.6 Å². The Morgan fingerprint density at radius 1 is 1.44 bits per heavy atom. The van der Waals surface area contributed by atoms with Crippen LogP contribution < -0.4 is 5.43 Å². The van der Waals surface area contributed by atoms with Gasteiger partial charge in [0, 0.05) is 0 Å². The van der Waals surface area contributed by atoms with Gasteiger partial charge >= 0.3 is 5.97 Å². The van der Waals surface area contributed by atoms with E-state index in [2.05, 4.69) is 10.5 Å².